The van der Waals surface area contributed by atoms with Gasteiger partial charge in [-0.1, -0.05) is 0 Å². The van der Waals surface area contributed by atoms with Crippen LogP contribution in [-0.4, -0.2) is 36.1 Å². The summed E-state index contributed by atoms with van der Waals surface area (Å²) in [5.41, 5.74) is 1.27. The molecule has 0 saturated heterocycles. The molecule has 1 N–H and O–H groups in total. The van der Waals surface area contributed by atoms with Crippen LogP contribution in [0.25, 0.3) is 0 Å². The number of aromatic nitrogens is 2. The molecule has 0 fully saturated rings. The van der Waals surface area contributed by atoms with Crippen molar-refractivity contribution >= 4 is 0 Å². The quantitative estimate of drug-likeness (QED) is 0.730. The van der Waals surface area contributed by atoms with Crippen molar-refractivity contribution in [2.45, 2.75) is 25.8 Å². The molecule has 0 saturated carbocycles. The monoisotopic (exact) mass is 211 g/mol. The number of ether oxygens (including phenoxy) is 1. The van der Waals surface area contributed by atoms with E-state index in [-0.39, 0.29) is 0 Å². The van der Waals surface area contributed by atoms with Crippen LogP contribution >= 0.6 is 0 Å². The third-order valence-electron chi connectivity index (χ3n) is 2.55. The second-order valence-electron chi connectivity index (χ2n) is 3.83. The van der Waals surface area contributed by atoms with Crippen LogP contribution in [-0.2, 0) is 18.2 Å². The highest BCUT2D eigenvalue weighted by atomic mass is 16.5. The Labute approximate surface area is 91.6 Å². The van der Waals surface area contributed by atoms with Crippen LogP contribution in [0, 0.1) is 0 Å². The lowest BCUT2D eigenvalue weighted by Gasteiger charge is -2.12. The number of nitrogens with one attached hydrogen (secondary N) is 1. The number of methoxy groups -OCH3 is 1. The molecule has 15 heavy (non-hydrogen) atoms. The van der Waals surface area contributed by atoms with Crippen molar-refractivity contribution in [2.24, 2.45) is 7.05 Å². The fourth-order valence-electron chi connectivity index (χ4n) is 1.49. The predicted molar refractivity (Wildman–Crippen MR) is 60.9 cm³/mol. The molecule has 0 aliphatic heterocycles. The zero-order valence-electron chi connectivity index (χ0n) is 9.86. The Kier molecular flexibility index (Phi) is 5.36. The van der Waals surface area contributed by atoms with Crippen molar-refractivity contribution in [3.8, 4) is 0 Å². The van der Waals surface area contributed by atoms with Gasteiger partial charge in [0.25, 0.3) is 0 Å². The van der Waals surface area contributed by atoms with E-state index < -0.39 is 0 Å². The highest BCUT2D eigenvalue weighted by molar-refractivity contribution is 5.00. The molecule has 0 aliphatic rings. The minimum atomic E-state index is 0.512. The normalized spacial score (nSPS) is 13.0. The second kappa shape index (κ2) is 6.58. The van der Waals surface area contributed by atoms with E-state index in [1.54, 1.807) is 7.11 Å². The van der Waals surface area contributed by atoms with Crippen LogP contribution in [0.4, 0.5) is 0 Å². The van der Waals surface area contributed by atoms with Crippen LogP contribution in [0.2, 0.25) is 0 Å². The summed E-state index contributed by atoms with van der Waals surface area (Å²) in [7, 11) is 3.71. The topological polar surface area (TPSA) is 39.1 Å². The van der Waals surface area contributed by atoms with Crippen LogP contribution in [0.15, 0.2) is 12.3 Å². The van der Waals surface area contributed by atoms with E-state index in [2.05, 4.69) is 23.4 Å². The second-order valence-corrected chi connectivity index (χ2v) is 3.83. The highest BCUT2D eigenvalue weighted by Gasteiger charge is 2.02. The van der Waals surface area contributed by atoms with E-state index in [0.717, 1.165) is 26.0 Å². The molecule has 1 atom stereocenters. The Hall–Kier alpha value is -0.870. The van der Waals surface area contributed by atoms with Gasteiger partial charge in [0.15, 0.2) is 0 Å². The average molecular weight is 211 g/mol. The summed E-state index contributed by atoms with van der Waals surface area (Å²) >= 11 is 0. The van der Waals surface area contributed by atoms with Gasteiger partial charge in [0, 0.05) is 51.7 Å². The number of hydrogen-bond acceptors (Lipinski definition) is 3. The molecule has 0 aliphatic carbocycles. The molecular weight excluding hydrogens is 190 g/mol. The van der Waals surface area contributed by atoms with Gasteiger partial charge < -0.3 is 10.1 Å². The lowest BCUT2D eigenvalue weighted by atomic mass is 10.2. The molecule has 4 heteroatoms. The third-order valence-corrected chi connectivity index (χ3v) is 2.55. The number of aryl methyl sites for hydroxylation is 1. The molecule has 4 nitrogen and oxygen atoms in total. The summed E-state index contributed by atoms with van der Waals surface area (Å²) in [6, 6.07) is 2.57. The Morgan fingerprint density at radius 2 is 2.40 bits per heavy atom. The maximum absolute atomic E-state index is 5.03. The molecule has 1 heterocycles. The number of nitrogens with zero attached hydrogens (tertiary/aromatic N) is 2. The van der Waals surface area contributed by atoms with E-state index >= 15 is 0 Å². The summed E-state index contributed by atoms with van der Waals surface area (Å²) in [4.78, 5) is 0. The average Bonchev–Trinajstić information content (AvgIpc) is 2.61. The van der Waals surface area contributed by atoms with Crippen molar-refractivity contribution in [1.82, 2.24) is 15.1 Å². The van der Waals surface area contributed by atoms with Gasteiger partial charge in [0.05, 0.1) is 0 Å². The zero-order valence-corrected chi connectivity index (χ0v) is 9.86. The maximum Gasteiger partial charge on any atom is 0.0492 e. The van der Waals surface area contributed by atoms with Crippen LogP contribution in [0.1, 0.15) is 19.0 Å². The molecule has 86 valence electrons. The molecule has 1 aromatic heterocycles. The van der Waals surface area contributed by atoms with Gasteiger partial charge in [0.2, 0.25) is 0 Å². The third kappa shape index (κ3) is 4.44. The van der Waals surface area contributed by atoms with Gasteiger partial charge in [-0.2, -0.15) is 5.10 Å². The minimum Gasteiger partial charge on any atom is -0.385 e. The van der Waals surface area contributed by atoms with Crippen molar-refractivity contribution in [2.75, 3.05) is 20.3 Å². The first kappa shape index (κ1) is 12.2. The van der Waals surface area contributed by atoms with Gasteiger partial charge in [0.1, 0.15) is 0 Å². The Morgan fingerprint density at radius 1 is 1.60 bits per heavy atom. The number of rotatable bonds is 7. The van der Waals surface area contributed by atoms with Crippen molar-refractivity contribution < 1.29 is 4.74 Å². The van der Waals surface area contributed by atoms with Gasteiger partial charge in [-0.3, -0.25) is 4.68 Å². The summed E-state index contributed by atoms with van der Waals surface area (Å²) in [5, 5.41) is 7.59. The van der Waals surface area contributed by atoms with Gasteiger partial charge in [-0.25, -0.2) is 0 Å². The van der Waals surface area contributed by atoms with E-state index in [1.807, 2.05) is 17.9 Å². The van der Waals surface area contributed by atoms with Crippen LogP contribution in [0.5, 0.6) is 0 Å². The summed E-state index contributed by atoms with van der Waals surface area (Å²) in [6.07, 6.45) is 3.92. The predicted octanol–water partition coefficient (Wildman–Crippen LogP) is 0.977. The standard InChI is InChI=1S/C11H21N3O/c1-10(6-9-15-3)12-7-4-11-5-8-13-14(11)2/h5,8,10,12H,4,6-7,9H2,1-3H3. The molecular formula is C11H21N3O. The lowest BCUT2D eigenvalue weighted by molar-refractivity contribution is 0.185. The van der Waals surface area contributed by atoms with E-state index in [1.165, 1.54) is 5.69 Å². The lowest BCUT2D eigenvalue weighted by Crippen LogP contribution is -2.29. The van der Waals surface area contributed by atoms with Crippen LogP contribution < -0.4 is 5.32 Å². The Balaban J connectivity index is 2.13. The first-order chi connectivity index (χ1) is 7.24. The van der Waals surface area contributed by atoms with Crippen molar-refractivity contribution in [1.29, 1.82) is 0 Å². The van der Waals surface area contributed by atoms with E-state index in [4.69, 9.17) is 4.74 Å². The van der Waals surface area contributed by atoms with Gasteiger partial charge >= 0.3 is 0 Å². The Morgan fingerprint density at radius 3 is 3.00 bits per heavy atom. The molecule has 0 bridgehead atoms. The molecule has 0 spiro atoms. The summed E-state index contributed by atoms with van der Waals surface area (Å²) in [6.45, 7) is 3.99. The highest BCUT2D eigenvalue weighted by Crippen LogP contribution is 1.97. The Bertz CT molecular complexity index is 273. The van der Waals surface area contributed by atoms with E-state index in [9.17, 15) is 0 Å². The minimum absolute atomic E-state index is 0.512. The molecule has 0 amide bonds. The smallest absolute Gasteiger partial charge is 0.0492 e. The summed E-state index contributed by atoms with van der Waals surface area (Å²) < 4.78 is 6.95. The molecule has 1 aromatic rings. The number of hydrogen-bond donors (Lipinski definition) is 1. The fourth-order valence-corrected chi connectivity index (χ4v) is 1.49. The van der Waals surface area contributed by atoms with Gasteiger partial charge in [-0.05, 0) is 19.4 Å². The zero-order chi connectivity index (χ0) is 11.1. The van der Waals surface area contributed by atoms with Gasteiger partial charge in [-0.15, -0.1) is 0 Å². The fraction of sp³-hybridized carbons (Fsp3) is 0.727. The SMILES string of the molecule is COCCC(C)NCCc1ccnn1C. The molecule has 1 rings (SSSR count). The summed E-state index contributed by atoms with van der Waals surface area (Å²) in [5.74, 6) is 0. The first-order valence-corrected chi connectivity index (χ1v) is 5.43. The molecule has 0 radical (unpaired) electrons. The van der Waals surface area contributed by atoms with Crippen LogP contribution in [0.3, 0.4) is 0 Å². The van der Waals surface area contributed by atoms with E-state index in [0.29, 0.717) is 6.04 Å². The molecule has 0 aromatic carbocycles. The van der Waals surface area contributed by atoms with Crippen molar-refractivity contribution in [3.05, 3.63) is 18.0 Å². The molecule has 1 unspecified atom stereocenters. The maximum atomic E-state index is 5.03. The first-order valence-electron chi connectivity index (χ1n) is 5.43. The largest absolute Gasteiger partial charge is 0.385 e. The van der Waals surface area contributed by atoms with Crippen molar-refractivity contribution in [3.63, 3.8) is 0 Å².